The lowest BCUT2D eigenvalue weighted by Gasteiger charge is -2.34. The molecule has 1 aromatic carbocycles. The first-order chi connectivity index (χ1) is 12.7. The molecule has 0 N–H and O–H groups in total. The van der Waals surface area contributed by atoms with E-state index in [0.717, 1.165) is 25.2 Å². The summed E-state index contributed by atoms with van der Waals surface area (Å²) in [5, 5.41) is 0. The average molecular weight is 379 g/mol. The van der Waals surface area contributed by atoms with Gasteiger partial charge in [-0.2, -0.15) is 11.8 Å². The van der Waals surface area contributed by atoms with Crippen molar-refractivity contribution in [2.75, 3.05) is 44.9 Å². The van der Waals surface area contributed by atoms with Gasteiger partial charge in [-0.1, -0.05) is 12.1 Å². The zero-order valence-electron chi connectivity index (χ0n) is 15.3. The van der Waals surface area contributed by atoms with E-state index in [4.69, 9.17) is 4.74 Å². The molecule has 3 saturated heterocycles. The maximum atomic E-state index is 13.9. The van der Waals surface area contributed by atoms with Crippen molar-refractivity contribution in [1.29, 1.82) is 0 Å². The second-order valence-corrected chi connectivity index (χ2v) is 8.93. The van der Waals surface area contributed by atoms with Gasteiger partial charge in [0.2, 0.25) is 5.91 Å². The summed E-state index contributed by atoms with van der Waals surface area (Å²) in [5.74, 6) is 3.14. The molecule has 0 saturated carbocycles. The van der Waals surface area contributed by atoms with Crippen LogP contribution in [0, 0.1) is 17.7 Å². The van der Waals surface area contributed by atoms with Gasteiger partial charge in [0.25, 0.3) is 0 Å². The van der Waals surface area contributed by atoms with Crippen LogP contribution in [0.2, 0.25) is 0 Å². The highest BCUT2D eigenvalue weighted by atomic mass is 32.2. The van der Waals surface area contributed by atoms with E-state index in [1.807, 2.05) is 11.0 Å². The van der Waals surface area contributed by atoms with Crippen molar-refractivity contribution in [2.24, 2.45) is 11.8 Å². The van der Waals surface area contributed by atoms with E-state index in [9.17, 15) is 9.18 Å². The van der Waals surface area contributed by atoms with E-state index in [1.54, 1.807) is 19.2 Å². The Morgan fingerprint density at radius 2 is 2.08 bits per heavy atom. The summed E-state index contributed by atoms with van der Waals surface area (Å²) in [4.78, 5) is 17.2. The molecule has 3 atom stereocenters. The Kier molecular flexibility index (Phi) is 5.53. The van der Waals surface area contributed by atoms with Crippen molar-refractivity contribution in [3.63, 3.8) is 0 Å². The number of benzene rings is 1. The van der Waals surface area contributed by atoms with E-state index in [1.165, 1.54) is 30.4 Å². The minimum atomic E-state index is -0.232. The number of fused-ring (bicyclic) bond motifs is 1. The number of ether oxygens (including phenoxy) is 1. The van der Waals surface area contributed by atoms with Crippen molar-refractivity contribution in [3.05, 3.63) is 35.6 Å². The lowest BCUT2D eigenvalue weighted by atomic mass is 9.89. The van der Waals surface area contributed by atoms with E-state index >= 15 is 0 Å². The Morgan fingerprint density at radius 3 is 2.81 bits per heavy atom. The summed E-state index contributed by atoms with van der Waals surface area (Å²) in [7, 11) is 1.55. The zero-order chi connectivity index (χ0) is 18.1. The van der Waals surface area contributed by atoms with Crippen molar-refractivity contribution in [3.8, 4) is 0 Å². The number of likely N-dealkylation sites (tertiary alicyclic amines) is 2. The molecule has 3 aliphatic heterocycles. The molecule has 0 unspecified atom stereocenters. The monoisotopic (exact) mass is 378 g/mol. The molecular weight excluding hydrogens is 351 g/mol. The summed E-state index contributed by atoms with van der Waals surface area (Å²) in [5.41, 5.74) is 0.919. The second kappa shape index (κ2) is 7.87. The fraction of sp³-hybridized carbons (Fsp3) is 0.650. The smallest absolute Gasteiger partial charge is 0.249 e. The van der Waals surface area contributed by atoms with Crippen LogP contribution in [0.5, 0.6) is 0 Å². The van der Waals surface area contributed by atoms with Crippen molar-refractivity contribution >= 4 is 17.7 Å². The van der Waals surface area contributed by atoms with Gasteiger partial charge < -0.3 is 9.64 Å². The number of methoxy groups -OCH3 is 1. The third kappa shape index (κ3) is 3.51. The van der Waals surface area contributed by atoms with Gasteiger partial charge in [-0.25, -0.2) is 4.39 Å². The largest absolute Gasteiger partial charge is 0.375 e. The number of nitrogens with zero attached hydrogens (tertiary/aromatic N) is 2. The number of hydrogen-bond acceptors (Lipinski definition) is 4. The predicted molar refractivity (Wildman–Crippen MR) is 102 cm³/mol. The van der Waals surface area contributed by atoms with Gasteiger partial charge in [0.05, 0.1) is 6.04 Å². The molecule has 3 aliphatic rings. The van der Waals surface area contributed by atoms with Crippen LogP contribution in [0.15, 0.2) is 24.3 Å². The minimum absolute atomic E-state index is 0.0109. The molecule has 0 aliphatic carbocycles. The molecule has 1 amide bonds. The highest BCUT2D eigenvalue weighted by Gasteiger charge is 2.50. The normalized spacial score (nSPS) is 29.9. The number of carbonyl (C=O) groups excluding carboxylic acids is 1. The summed E-state index contributed by atoms with van der Waals surface area (Å²) < 4.78 is 19.0. The Balaban J connectivity index is 1.57. The molecule has 3 fully saturated rings. The van der Waals surface area contributed by atoms with E-state index < -0.39 is 0 Å². The third-order valence-electron chi connectivity index (χ3n) is 6.18. The van der Waals surface area contributed by atoms with Crippen molar-refractivity contribution in [1.82, 2.24) is 9.80 Å². The fourth-order valence-corrected chi connectivity index (χ4v) is 6.09. The van der Waals surface area contributed by atoms with E-state index in [-0.39, 0.29) is 24.4 Å². The minimum Gasteiger partial charge on any atom is -0.375 e. The maximum Gasteiger partial charge on any atom is 0.249 e. The first kappa shape index (κ1) is 18.3. The first-order valence-corrected chi connectivity index (χ1v) is 10.7. The third-order valence-corrected chi connectivity index (χ3v) is 7.23. The molecule has 4 rings (SSSR count). The Bertz CT molecular complexity index is 652. The zero-order valence-corrected chi connectivity index (χ0v) is 16.1. The van der Waals surface area contributed by atoms with E-state index in [0.29, 0.717) is 17.9 Å². The number of halogens is 1. The predicted octanol–water partition coefficient (Wildman–Crippen LogP) is 2.80. The van der Waals surface area contributed by atoms with Gasteiger partial charge in [0.15, 0.2) is 0 Å². The molecule has 1 aromatic rings. The first-order valence-electron chi connectivity index (χ1n) is 9.53. The molecule has 142 valence electrons. The van der Waals surface area contributed by atoms with Gasteiger partial charge >= 0.3 is 0 Å². The highest BCUT2D eigenvalue weighted by molar-refractivity contribution is 7.99. The Labute approximate surface area is 159 Å². The van der Waals surface area contributed by atoms with Crippen LogP contribution in [0.1, 0.15) is 24.4 Å². The average Bonchev–Trinajstić information content (AvgIpc) is 3.20. The Hall–Kier alpha value is -1.11. The van der Waals surface area contributed by atoms with E-state index in [2.05, 4.69) is 16.7 Å². The molecule has 0 radical (unpaired) electrons. The maximum absolute atomic E-state index is 13.9. The molecule has 0 bridgehead atoms. The Morgan fingerprint density at radius 1 is 1.27 bits per heavy atom. The van der Waals surface area contributed by atoms with Crippen LogP contribution in [-0.2, 0) is 9.53 Å². The van der Waals surface area contributed by atoms with Gasteiger partial charge in [0.1, 0.15) is 12.4 Å². The number of thioether (sulfide) groups is 1. The molecular formula is C20H27FN2O2S. The van der Waals surface area contributed by atoms with Gasteiger partial charge in [-0.15, -0.1) is 0 Å². The fourth-order valence-electron chi connectivity index (χ4n) is 5.01. The summed E-state index contributed by atoms with van der Waals surface area (Å²) in [6, 6.07) is 7.42. The number of rotatable bonds is 4. The number of hydrogen-bond donors (Lipinski definition) is 0. The number of carbonyl (C=O) groups is 1. The molecule has 6 heteroatoms. The highest BCUT2D eigenvalue weighted by Crippen LogP contribution is 2.46. The topological polar surface area (TPSA) is 32.8 Å². The SMILES string of the molecule is COCC(=O)N1C[C@H]2CN(C3CCSCC3)C[C@H]2[C@@H]1c1cccc(F)c1. The van der Waals surface area contributed by atoms with Crippen LogP contribution >= 0.6 is 11.8 Å². The van der Waals surface area contributed by atoms with Crippen LogP contribution in [-0.4, -0.2) is 66.6 Å². The second-order valence-electron chi connectivity index (χ2n) is 7.70. The quantitative estimate of drug-likeness (QED) is 0.807. The standard InChI is InChI=1S/C20H27FN2O2S/c1-25-13-19(24)23-11-15-10-22(17-5-7-26-8-6-17)12-18(15)20(23)14-3-2-4-16(21)9-14/h2-4,9,15,17-18,20H,5-8,10-13H2,1H3/t15-,18-,20+/m1/s1. The number of amides is 1. The lowest BCUT2D eigenvalue weighted by molar-refractivity contribution is -0.136. The summed E-state index contributed by atoms with van der Waals surface area (Å²) >= 11 is 2.05. The summed E-state index contributed by atoms with van der Waals surface area (Å²) in [6.45, 7) is 2.92. The van der Waals surface area contributed by atoms with Crippen LogP contribution < -0.4 is 0 Å². The summed E-state index contributed by atoms with van der Waals surface area (Å²) in [6.07, 6.45) is 2.53. The van der Waals surface area contributed by atoms with Gasteiger partial charge in [-0.05, 0) is 48.0 Å². The van der Waals surface area contributed by atoms with Crippen LogP contribution in [0.25, 0.3) is 0 Å². The van der Waals surface area contributed by atoms with Crippen LogP contribution in [0.4, 0.5) is 4.39 Å². The molecule has 26 heavy (non-hydrogen) atoms. The molecule has 0 aromatic heterocycles. The molecule has 3 heterocycles. The molecule has 4 nitrogen and oxygen atoms in total. The van der Waals surface area contributed by atoms with Crippen LogP contribution in [0.3, 0.4) is 0 Å². The van der Waals surface area contributed by atoms with Gasteiger partial charge in [-0.3, -0.25) is 9.69 Å². The van der Waals surface area contributed by atoms with Crippen molar-refractivity contribution in [2.45, 2.75) is 24.9 Å². The lowest BCUT2D eigenvalue weighted by Crippen LogP contribution is -2.41. The molecule has 0 spiro atoms. The van der Waals surface area contributed by atoms with Crippen molar-refractivity contribution < 1.29 is 13.9 Å². The van der Waals surface area contributed by atoms with Gasteiger partial charge in [0, 0.05) is 38.7 Å².